The van der Waals surface area contributed by atoms with Gasteiger partial charge in [-0.15, -0.1) is 0 Å². The summed E-state index contributed by atoms with van der Waals surface area (Å²) in [5, 5.41) is 2.42. The van der Waals surface area contributed by atoms with E-state index in [9.17, 15) is 14.4 Å². The highest BCUT2D eigenvalue weighted by atomic mass is 28.4. The first kappa shape index (κ1) is 33.1. The van der Waals surface area contributed by atoms with Crippen LogP contribution in [0.15, 0.2) is 11.1 Å². The number of carbonyl (C=O) groups is 2. The number of fused-ring (bicyclic) bond motifs is 1. The summed E-state index contributed by atoms with van der Waals surface area (Å²) in [6.07, 6.45) is -0.213. The van der Waals surface area contributed by atoms with Gasteiger partial charge in [0.1, 0.15) is 18.9 Å². The summed E-state index contributed by atoms with van der Waals surface area (Å²) in [7, 11) is -4.48. The Labute approximate surface area is 244 Å². The van der Waals surface area contributed by atoms with Crippen molar-refractivity contribution in [3.63, 3.8) is 0 Å². The van der Waals surface area contributed by atoms with Crippen molar-refractivity contribution in [1.29, 1.82) is 0 Å². The second-order valence-corrected chi connectivity index (χ2v) is 23.4. The number of aromatic nitrogens is 4. The SMILES string of the molecule is CC(=O)Nc1nc2c(ncn2[C@@H]2O[C@H](CO[Si](C)(C)C(C)(C)C)[C@@H](O[Si](C)(C)C(C)(C)C)[C@H]2COC(C)=O)c(=O)[nH]1. The quantitative estimate of drug-likeness (QED) is 0.308. The molecule has 1 aliphatic rings. The van der Waals surface area contributed by atoms with Crippen LogP contribution in [0.1, 0.15) is 61.6 Å². The number of anilines is 1. The number of rotatable bonds is 9. The minimum Gasteiger partial charge on any atom is -0.465 e. The molecule has 3 heterocycles. The first-order valence-electron chi connectivity index (χ1n) is 14.0. The van der Waals surface area contributed by atoms with Crippen LogP contribution in [0.25, 0.3) is 11.2 Å². The maximum atomic E-state index is 12.8. The van der Waals surface area contributed by atoms with Crippen LogP contribution < -0.4 is 10.9 Å². The van der Waals surface area contributed by atoms with E-state index < -0.39 is 52.5 Å². The van der Waals surface area contributed by atoms with Crippen molar-refractivity contribution in [3.8, 4) is 0 Å². The Hall–Kier alpha value is -2.40. The molecule has 230 valence electrons. The van der Waals surface area contributed by atoms with Crippen molar-refractivity contribution < 1.29 is 27.9 Å². The minimum atomic E-state index is -2.33. The van der Waals surface area contributed by atoms with Crippen LogP contribution in [0.5, 0.6) is 0 Å². The molecule has 1 aliphatic heterocycles. The molecule has 0 unspecified atom stereocenters. The number of hydrogen-bond acceptors (Lipinski definition) is 9. The molecule has 2 aromatic heterocycles. The van der Waals surface area contributed by atoms with E-state index in [0.717, 1.165) is 0 Å². The standard InChI is InChI=1S/C27H47N5O7Si2/c1-16(33)29-25-30-22-20(23(35)31-25)28-15-32(22)24-18(13-36-17(2)34)21(39-41(11,12)27(6,7)8)19(38-24)14-37-40(9,10)26(3,4)5/h15,18-19,21,24H,13-14H2,1-12H3,(H2,29,30,31,33,35)/t18-,19-,21+,24-/m1/s1. The summed E-state index contributed by atoms with van der Waals surface area (Å²) < 4.78 is 27.5. The van der Waals surface area contributed by atoms with Crippen molar-refractivity contribution in [2.45, 2.75) is 110 Å². The number of hydrogen-bond donors (Lipinski definition) is 2. The van der Waals surface area contributed by atoms with Crippen LogP contribution in [0.4, 0.5) is 5.95 Å². The Morgan fingerprint density at radius 2 is 1.66 bits per heavy atom. The van der Waals surface area contributed by atoms with Gasteiger partial charge in [-0.25, -0.2) is 4.98 Å². The number of aromatic amines is 1. The van der Waals surface area contributed by atoms with Crippen LogP contribution >= 0.6 is 0 Å². The van der Waals surface area contributed by atoms with Gasteiger partial charge in [0.15, 0.2) is 27.8 Å². The predicted octanol–water partition coefficient (Wildman–Crippen LogP) is 4.57. The molecule has 3 rings (SSSR count). The Kier molecular flexibility index (Phi) is 9.45. The number of nitrogens with one attached hydrogen (secondary N) is 2. The molecule has 2 N–H and O–H groups in total. The summed E-state index contributed by atoms with van der Waals surface area (Å²) in [5.74, 6) is -1.26. The van der Waals surface area contributed by atoms with E-state index in [2.05, 4.69) is 88.0 Å². The van der Waals surface area contributed by atoms with Gasteiger partial charge >= 0.3 is 5.97 Å². The molecule has 0 aromatic carbocycles. The van der Waals surface area contributed by atoms with Crippen LogP contribution in [0.2, 0.25) is 36.3 Å². The van der Waals surface area contributed by atoms with Gasteiger partial charge in [-0.1, -0.05) is 41.5 Å². The highest BCUT2D eigenvalue weighted by molar-refractivity contribution is 6.74. The average molecular weight is 610 g/mol. The fourth-order valence-corrected chi connectivity index (χ4v) is 6.49. The fourth-order valence-electron chi connectivity index (χ4n) is 4.12. The normalized spacial score (nSPS) is 22.2. The molecule has 1 saturated heterocycles. The monoisotopic (exact) mass is 609 g/mol. The molecular weight excluding hydrogens is 562 g/mol. The molecule has 12 nitrogen and oxygen atoms in total. The molecule has 0 saturated carbocycles. The molecular formula is C27H47N5O7Si2. The van der Waals surface area contributed by atoms with Crippen molar-refractivity contribution in [1.82, 2.24) is 19.5 Å². The van der Waals surface area contributed by atoms with E-state index in [-0.39, 0.29) is 39.7 Å². The van der Waals surface area contributed by atoms with Gasteiger partial charge in [-0.2, -0.15) is 4.98 Å². The van der Waals surface area contributed by atoms with E-state index >= 15 is 0 Å². The van der Waals surface area contributed by atoms with Gasteiger partial charge in [-0.3, -0.25) is 29.3 Å². The number of H-pyrrole nitrogens is 1. The molecule has 1 fully saturated rings. The molecule has 2 aromatic rings. The maximum absolute atomic E-state index is 12.8. The Morgan fingerprint density at radius 3 is 2.20 bits per heavy atom. The Morgan fingerprint density at radius 1 is 1.05 bits per heavy atom. The summed E-state index contributed by atoms with van der Waals surface area (Å²) in [4.78, 5) is 47.7. The summed E-state index contributed by atoms with van der Waals surface area (Å²) >= 11 is 0. The first-order chi connectivity index (χ1) is 18.6. The van der Waals surface area contributed by atoms with Crippen molar-refractivity contribution in [2.75, 3.05) is 18.5 Å². The van der Waals surface area contributed by atoms with Gasteiger partial charge in [0, 0.05) is 13.8 Å². The van der Waals surface area contributed by atoms with Crippen molar-refractivity contribution >= 4 is 45.6 Å². The van der Waals surface area contributed by atoms with E-state index in [4.69, 9.17) is 18.3 Å². The number of ether oxygens (including phenoxy) is 2. The Bertz CT molecular complexity index is 1330. The lowest BCUT2D eigenvalue weighted by atomic mass is 10.0. The number of amides is 1. The van der Waals surface area contributed by atoms with E-state index in [1.165, 1.54) is 20.2 Å². The third kappa shape index (κ3) is 7.34. The second-order valence-electron chi connectivity index (χ2n) is 13.9. The molecule has 14 heteroatoms. The van der Waals surface area contributed by atoms with E-state index in [1.54, 1.807) is 4.57 Å². The largest absolute Gasteiger partial charge is 0.465 e. The van der Waals surface area contributed by atoms with Crippen LogP contribution in [0.3, 0.4) is 0 Å². The van der Waals surface area contributed by atoms with Crippen LogP contribution in [-0.4, -0.2) is 73.5 Å². The van der Waals surface area contributed by atoms with Gasteiger partial charge in [0.2, 0.25) is 11.9 Å². The lowest BCUT2D eigenvalue weighted by molar-refractivity contribution is -0.144. The fraction of sp³-hybridized carbons (Fsp3) is 0.741. The third-order valence-corrected chi connectivity index (χ3v) is 17.6. The molecule has 0 radical (unpaired) electrons. The predicted molar refractivity (Wildman–Crippen MR) is 162 cm³/mol. The smallest absolute Gasteiger partial charge is 0.302 e. The van der Waals surface area contributed by atoms with Crippen LogP contribution in [-0.2, 0) is 27.9 Å². The first-order valence-corrected chi connectivity index (χ1v) is 19.8. The van der Waals surface area contributed by atoms with Crippen molar-refractivity contribution in [2.24, 2.45) is 5.92 Å². The lowest BCUT2D eigenvalue weighted by Gasteiger charge is -2.41. The van der Waals surface area contributed by atoms with Crippen molar-refractivity contribution in [3.05, 3.63) is 16.7 Å². The third-order valence-electron chi connectivity index (χ3n) is 8.60. The number of nitrogens with zero attached hydrogens (tertiary/aromatic N) is 3. The van der Waals surface area contributed by atoms with Gasteiger partial charge < -0.3 is 18.3 Å². The number of imidazole rings is 1. The highest BCUT2D eigenvalue weighted by Crippen LogP contribution is 2.45. The summed E-state index contributed by atoms with van der Waals surface area (Å²) in [6, 6.07) is 0. The zero-order chi connectivity index (χ0) is 31.1. The summed E-state index contributed by atoms with van der Waals surface area (Å²) in [5.41, 5.74) is -0.178. The molecule has 0 bridgehead atoms. The van der Waals surface area contributed by atoms with Gasteiger partial charge in [0.25, 0.3) is 5.56 Å². The molecule has 0 spiro atoms. The topological polar surface area (TPSA) is 147 Å². The molecule has 0 aliphatic carbocycles. The Balaban J connectivity index is 2.12. The highest BCUT2D eigenvalue weighted by Gasteiger charge is 2.52. The van der Waals surface area contributed by atoms with Crippen LogP contribution in [0, 0.1) is 5.92 Å². The van der Waals surface area contributed by atoms with E-state index in [0.29, 0.717) is 6.61 Å². The van der Waals surface area contributed by atoms with Gasteiger partial charge in [-0.05, 0) is 36.3 Å². The molecule has 41 heavy (non-hydrogen) atoms. The van der Waals surface area contributed by atoms with E-state index in [1.807, 2.05) is 0 Å². The lowest BCUT2D eigenvalue weighted by Crippen LogP contribution is -2.50. The molecule has 1 amide bonds. The average Bonchev–Trinajstić information content (AvgIpc) is 3.35. The molecule has 4 atom stereocenters. The number of esters is 1. The second kappa shape index (κ2) is 11.7. The van der Waals surface area contributed by atoms with Gasteiger partial charge in [0.05, 0.1) is 25.0 Å². The maximum Gasteiger partial charge on any atom is 0.302 e. The number of carbonyl (C=O) groups excluding carboxylic acids is 2. The zero-order valence-electron chi connectivity index (χ0n) is 26.5. The zero-order valence-corrected chi connectivity index (χ0v) is 28.5. The summed E-state index contributed by atoms with van der Waals surface area (Å²) in [6.45, 7) is 24.7. The minimum absolute atomic E-state index is 0.00170.